The summed E-state index contributed by atoms with van der Waals surface area (Å²) in [5, 5.41) is 15.9. The summed E-state index contributed by atoms with van der Waals surface area (Å²) in [6.07, 6.45) is 1.43. The number of nitrogens with zero attached hydrogens (tertiary/aromatic N) is 2. The number of ether oxygens (including phenoxy) is 3. The van der Waals surface area contributed by atoms with Crippen LogP contribution in [0.5, 0.6) is 17.2 Å². The summed E-state index contributed by atoms with van der Waals surface area (Å²) in [5.74, 6) is 0.819. The number of para-hydroxylation sites is 2. The highest BCUT2D eigenvalue weighted by molar-refractivity contribution is 5.94. The molecule has 0 saturated carbocycles. The number of carbonyl (C=O) groups excluding carboxylic acids is 2. The topological polar surface area (TPSA) is 122 Å². The van der Waals surface area contributed by atoms with Gasteiger partial charge in [0.25, 0.3) is 0 Å². The molecule has 0 aliphatic rings. The van der Waals surface area contributed by atoms with Crippen molar-refractivity contribution in [1.29, 1.82) is 5.26 Å². The summed E-state index contributed by atoms with van der Waals surface area (Å²) >= 11 is 0. The van der Waals surface area contributed by atoms with Gasteiger partial charge in [-0.2, -0.15) is 10.4 Å². The van der Waals surface area contributed by atoms with Gasteiger partial charge in [0, 0.05) is 18.4 Å². The van der Waals surface area contributed by atoms with Gasteiger partial charge in [0.1, 0.15) is 12.4 Å². The molecule has 2 amide bonds. The van der Waals surface area contributed by atoms with Gasteiger partial charge in [-0.3, -0.25) is 9.59 Å². The summed E-state index contributed by atoms with van der Waals surface area (Å²) in [4.78, 5) is 24.2. The smallest absolute Gasteiger partial charge is 0.240 e. The Morgan fingerprint density at radius 2 is 1.64 bits per heavy atom. The summed E-state index contributed by atoms with van der Waals surface area (Å²) in [6, 6.07) is 21.6. The quantitative estimate of drug-likeness (QED) is 0.312. The van der Waals surface area contributed by atoms with Gasteiger partial charge < -0.3 is 19.5 Å². The number of hydrogen-bond acceptors (Lipinski definition) is 7. The molecule has 0 bridgehead atoms. The molecule has 0 spiro atoms. The molecule has 3 aromatic carbocycles. The van der Waals surface area contributed by atoms with Gasteiger partial charge in [-0.05, 0) is 42.0 Å². The highest BCUT2D eigenvalue weighted by Crippen LogP contribution is 2.28. The number of anilines is 1. The average molecular weight is 487 g/mol. The molecule has 9 nitrogen and oxygen atoms in total. The Hall–Kier alpha value is -4.84. The molecule has 0 unspecified atom stereocenters. The number of rotatable bonds is 11. The third-order valence-electron chi connectivity index (χ3n) is 5.07. The van der Waals surface area contributed by atoms with Crippen LogP contribution in [0.3, 0.4) is 0 Å². The molecular formula is C27H26N4O5. The lowest BCUT2D eigenvalue weighted by Crippen LogP contribution is -2.20. The molecule has 0 fully saturated rings. The average Bonchev–Trinajstić information content (AvgIpc) is 2.91. The van der Waals surface area contributed by atoms with Gasteiger partial charge >= 0.3 is 0 Å². The largest absolute Gasteiger partial charge is 0.495 e. The normalized spacial score (nSPS) is 10.4. The minimum absolute atomic E-state index is 0.00576. The molecule has 184 valence electrons. The summed E-state index contributed by atoms with van der Waals surface area (Å²) in [7, 11) is 3.03. The number of hydrogen-bond donors (Lipinski definition) is 2. The first-order valence-corrected chi connectivity index (χ1v) is 11.1. The maximum atomic E-state index is 12.1. The van der Waals surface area contributed by atoms with E-state index >= 15 is 0 Å². The molecule has 0 aliphatic carbocycles. The predicted octanol–water partition coefficient (Wildman–Crippen LogP) is 4.02. The molecule has 9 heteroatoms. The van der Waals surface area contributed by atoms with Gasteiger partial charge in [0.15, 0.2) is 11.5 Å². The second-order valence-electron chi connectivity index (χ2n) is 7.51. The van der Waals surface area contributed by atoms with E-state index in [1.165, 1.54) is 20.4 Å². The van der Waals surface area contributed by atoms with Crippen molar-refractivity contribution in [2.75, 3.05) is 19.5 Å². The zero-order valence-corrected chi connectivity index (χ0v) is 20.0. The van der Waals surface area contributed by atoms with E-state index in [1.807, 2.05) is 12.1 Å². The van der Waals surface area contributed by atoms with Crippen molar-refractivity contribution in [3.8, 4) is 23.3 Å². The van der Waals surface area contributed by atoms with Gasteiger partial charge in [-0.15, -0.1) is 0 Å². The second-order valence-corrected chi connectivity index (χ2v) is 7.51. The Morgan fingerprint density at radius 3 is 2.42 bits per heavy atom. The number of nitrogens with one attached hydrogen (secondary N) is 2. The maximum Gasteiger partial charge on any atom is 0.240 e. The Bertz CT molecular complexity index is 1280. The van der Waals surface area contributed by atoms with E-state index in [2.05, 4.69) is 21.9 Å². The molecule has 0 radical (unpaired) electrons. The maximum absolute atomic E-state index is 12.1. The van der Waals surface area contributed by atoms with Crippen molar-refractivity contribution < 1.29 is 23.8 Å². The highest BCUT2D eigenvalue weighted by Gasteiger charge is 2.10. The Kier molecular flexibility index (Phi) is 9.42. The van der Waals surface area contributed by atoms with Crippen LogP contribution in [-0.4, -0.2) is 32.2 Å². The molecule has 36 heavy (non-hydrogen) atoms. The van der Waals surface area contributed by atoms with Crippen LogP contribution in [0.15, 0.2) is 71.8 Å². The SMILES string of the molecule is COc1ccccc1NC(=O)CCC(=O)NN=Cc1ccc(OCc2ccccc2C#N)c(OC)c1. The number of amides is 2. The Morgan fingerprint density at radius 1 is 0.917 bits per heavy atom. The number of methoxy groups -OCH3 is 2. The third kappa shape index (κ3) is 7.33. The molecule has 0 saturated heterocycles. The minimum Gasteiger partial charge on any atom is -0.495 e. The van der Waals surface area contributed by atoms with Crippen molar-refractivity contribution in [3.05, 3.63) is 83.4 Å². The molecule has 0 atom stereocenters. The van der Waals surface area contributed by atoms with Gasteiger partial charge in [0.2, 0.25) is 11.8 Å². The fourth-order valence-electron chi connectivity index (χ4n) is 3.22. The van der Waals surface area contributed by atoms with Crippen LogP contribution in [0.1, 0.15) is 29.5 Å². The van der Waals surface area contributed by atoms with E-state index in [1.54, 1.807) is 54.6 Å². The van der Waals surface area contributed by atoms with Gasteiger partial charge in [-0.25, -0.2) is 5.43 Å². The highest BCUT2D eigenvalue weighted by atomic mass is 16.5. The van der Waals surface area contributed by atoms with Gasteiger partial charge in [-0.1, -0.05) is 30.3 Å². The molecule has 0 aromatic heterocycles. The van der Waals surface area contributed by atoms with E-state index in [0.717, 1.165) is 5.56 Å². The molecule has 2 N–H and O–H groups in total. The van der Waals surface area contributed by atoms with Crippen LogP contribution in [-0.2, 0) is 16.2 Å². The van der Waals surface area contributed by atoms with E-state index in [4.69, 9.17) is 14.2 Å². The fraction of sp³-hybridized carbons (Fsp3) is 0.185. The molecule has 3 rings (SSSR count). The monoisotopic (exact) mass is 486 g/mol. The van der Waals surface area contributed by atoms with E-state index in [9.17, 15) is 14.9 Å². The first-order chi connectivity index (χ1) is 17.5. The van der Waals surface area contributed by atoms with E-state index < -0.39 is 5.91 Å². The van der Waals surface area contributed by atoms with Crippen molar-refractivity contribution in [3.63, 3.8) is 0 Å². The third-order valence-corrected chi connectivity index (χ3v) is 5.07. The fourth-order valence-corrected chi connectivity index (χ4v) is 3.22. The first kappa shape index (κ1) is 25.8. The number of carbonyl (C=O) groups is 2. The lowest BCUT2D eigenvalue weighted by atomic mass is 10.1. The zero-order valence-electron chi connectivity index (χ0n) is 20.0. The number of benzene rings is 3. The second kappa shape index (κ2) is 13.2. The van der Waals surface area contributed by atoms with Crippen LogP contribution >= 0.6 is 0 Å². The van der Waals surface area contributed by atoms with Crippen molar-refractivity contribution in [2.24, 2.45) is 5.10 Å². The molecular weight excluding hydrogens is 460 g/mol. The molecule has 3 aromatic rings. The predicted molar refractivity (Wildman–Crippen MR) is 135 cm³/mol. The van der Waals surface area contributed by atoms with Crippen LogP contribution in [0.2, 0.25) is 0 Å². The lowest BCUT2D eigenvalue weighted by Gasteiger charge is -2.12. The van der Waals surface area contributed by atoms with Crippen molar-refractivity contribution in [1.82, 2.24) is 5.43 Å². The summed E-state index contributed by atoms with van der Waals surface area (Å²) < 4.78 is 16.4. The number of nitriles is 1. The standard InChI is InChI=1S/C27H26N4O5/c1-34-23-10-6-5-9-22(23)30-26(32)13-14-27(33)31-29-17-19-11-12-24(25(15-19)35-2)36-18-21-8-4-3-7-20(21)16-28/h3-12,15,17H,13-14,18H2,1-2H3,(H,30,32)(H,31,33). The lowest BCUT2D eigenvalue weighted by molar-refractivity contribution is -0.124. The zero-order chi connectivity index (χ0) is 25.8. The van der Waals surface area contributed by atoms with Crippen LogP contribution < -0.4 is 25.0 Å². The molecule has 0 heterocycles. The van der Waals surface area contributed by atoms with Crippen LogP contribution in [0, 0.1) is 11.3 Å². The minimum atomic E-state index is -0.399. The van der Waals surface area contributed by atoms with Crippen molar-refractivity contribution in [2.45, 2.75) is 19.4 Å². The van der Waals surface area contributed by atoms with E-state index in [0.29, 0.717) is 34.1 Å². The summed E-state index contributed by atoms with van der Waals surface area (Å²) in [5.41, 5.74) is 4.94. The van der Waals surface area contributed by atoms with Gasteiger partial charge in [0.05, 0.1) is 37.8 Å². The summed E-state index contributed by atoms with van der Waals surface area (Å²) in [6.45, 7) is 0.216. The van der Waals surface area contributed by atoms with Crippen LogP contribution in [0.25, 0.3) is 0 Å². The number of hydrazone groups is 1. The van der Waals surface area contributed by atoms with E-state index in [-0.39, 0.29) is 25.4 Å². The Labute approximate surface area is 209 Å². The Balaban J connectivity index is 1.49. The molecule has 0 aliphatic heterocycles. The first-order valence-electron chi connectivity index (χ1n) is 11.1. The van der Waals surface area contributed by atoms with Crippen LogP contribution in [0.4, 0.5) is 5.69 Å². The van der Waals surface area contributed by atoms with Crippen molar-refractivity contribution >= 4 is 23.7 Å².